The lowest BCUT2D eigenvalue weighted by Crippen LogP contribution is -2.43. The predicted octanol–water partition coefficient (Wildman–Crippen LogP) is 15.8. The maximum Gasteiger partial charge on any atom is 0.245 e. The average Bonchev–Trinajstić information content (AvgIpc) is 3.96. The van der Waals surface area contributed by atoms with Crippen molar-refractivity contribution in [3.8, 4) is 11.6 Å². The van der Waals surface area contributed by atoms with Gasteiger partial charge in [-0.1, -0.05) is 185 Å². The van der Waals surface area contributed by atoms with E-state index in [2.05, 4.69) is 75.6 Å². The molecule has 4 N–H and O–H groups in total. The van der Waals surface area contributed by atoms with E-state index in [-0.39, 0.29) is 79.7 Å². The molecule has 0 fully saturated rings. The molecule has 80 heavy (non-hydrogen) atoms. The van der Waals surface area contributed by atoms with Crippen LogP contribution < -0.4 is 11.5 Å². The minimum atomic E-state index is -4.03. The molecule has 442 valence electrons. The topological polar surface area (TPSA) is 238 Å². The molecule has 0 amide bonds. The molecule has 0 spiro atoms. The molecule has 0 saturated heterocycles. The number of benzene rings is 2. The number of nitrogen functional groups attached to an aromatic ring is 2. The summed E-state index contributed by atoms with van der Waals surface area (Å²) < 4.78 is 66.4. The first-order valence-corrected chi connectivity index (χ1v) is 32.5. The Morgan fingerprint density at radius 3 is 1.19 bits per heavy atom. The molecular weight excluding hydrogens is 1040 g/mol. The lowest BCUT2D eigenvalue weighted by atomic mass is 9.91. The van der Waals surface area contributed by atoms with Gasteiger partial charge >= 0.3 is 0 Å². The summed E-state index contributed by atoms with van der Waals surface area (Å²) in [6.45, 7) is 29.7. The Hall–Kier alpha value is -5.44. The summed E-state index contributed by atoms with van der Waals surface area (Å²) in [6.07, 6.45) is 15.9. The van der Waals surface area contributed by atoms with Crippen LogP contribution in [0.5, 0.6) is 0 Å². The normalized spacial score (nSPS) is 14.5. The summed E-state index contributed by atoms with van der Waals surface area (Å²) in [7, 11) is -8.06. The third kappa shape index (κ3) is 16.0. The number of nitrogens with two attached hydrogens (primary N) is 2. The van der Waals surface area contributed by atoms with Crippen molar-refractivity contribution in [2.24, 2.45) is 32.3 Å². The van der Waals surface area contributed by atoms with Gasteiger partial charge in [-0.25, -0.2) is 26.8 Å². The highest BCUT2D eigenvalue weighted by molar-refractivity contribution is 7.89. The molecule has 4 unspecified atom stereocenters. The average molecular weight is 1140 g/mol. The van der Waals surface area contributed by atoms with Crippen molar-refractivity contribution in [1.82, 2.24) is 38.1 Å². The molecule has 2 aromatic carbocycles. The van der Waals surface area contributed by atoms with Crippen molar-refractivity contribution >= 4 is 54.4 Å². The van der Waals surface area contributed by atoms with Crippen LogP contribution in [0.25, 0.3) is 11.6 Å². The molecule has 0 radical (unpaired) electrons. The van der Waals surface area contributed by atoms with Gasteiger partial charge in [0.2, 0.25) is 20.0 Å². The fraction of sp³-hybridized carbons (Fsp3) is 0.633. The summed E-state index contributed by atoms with van der Waals surface area (Å²) in [5.41, 5.74) is 14.7. The summed E-state index contributed by atoms with van der Waals surface area (Å²) in [6, 6.07) is 14.8. The zero-order chi connectivity index (χ0) is 59.0. The number of sulfonamides is 2. The SMILES string of the molecule is CCCCC(CC)CN(C(CC)CCCC)S(=O)(=O)c1ccccc1N=Nc1c(C(C)(C)C)nn(-c2cc(-n3nc(C(C)(C)C)c(N=Nc4ccccc4S(=O)(=O)N(CC(CC)CCCC)C(CC)CCCC)c3N)ncn2)c1N. The van der Waals surface area contributed by atoms with Crippen LogP contribution in [0, 0.1) is 11.8 Å². The Kier molecular flexibility index (Phi) is 24.1. The lowest BCUT2D eigenvalue weighted by Gasteiger charge is -2.33. The molecule has 5 rings (SSSR count). The second-order valence-electron chi connectivity index (χ2n) is 23.4. The van der Waals surface area contributed by atoms with Crippen LogP contribution in [0.3, 0.4) is 0 Å². The van der Waals surface area contributed by atoms with Crippen LogP contribution >= 0.6 is 0 Å². The van der Waals surface area contributed by atoms with Crippen LogP contribution in [0.15, 0.2) is 91.2 Å². The zero-order valence-corrected chi connectivity index (χ0v) is 52.4. The Morgan fingerprint density at radius 1 is 0.512 bits per heavy atom. The number of azo groups is 2. The van der Waals surface area contributed by atoms with Crippen LogP contribution in [-0.4, -0.2) is 80.1 Å². The van der Waals surface area contributed by atoms with E-state index in [0.29, 0.717) is 37.3 Å². The number of anilines is 2. The fourth-order valence-corrected chi connectivity index (χ4v) is 14.0. The number of nitrogens with zero attached hydrogens (tertiary/aromatic N) is 12. The van der Waals surface area contributed by atoms with Gasteiger partial charge in [0.05, 0.1) is 11.4 Å². The van der Waals surface area contributed by atoms with Crippen molar-refractivity contribution < 1.29 is 16.8 Å². The van der Waals surface area contributed by atoms with Crippen LogP contribution in [-0.2, 0) is 30.9 Å². The van der Waals surface area contributed by atoms with Gasteiger partial charge in [-0.2, -0.15) is 28.2 Å². The van der Waals surface area contributed by atoms with Crippen LogP contribution in [0.4, 0.5) is 34.4 Å². The molecule has 0 aliphatic rings. The molecule has 0 aliphatic heterocycles. The molecular formula is C60H96N14O4S2. The van der Waals surface area contributed by atoms with E-state index in [1.165, 1.54) is 15.7 Å². The summed E-state index contributed by atoms with van der Waals surface area (Å²) in [5.74, 6) is 1.22. The summed E-state index contributed by atoms with van der Waals surface area (Å²) in [5, 5.41) is 28.6. The first-order valence-electron chi connectivity index (χ1n) is 29.6. The molecule has 4 atom stereocenters. The van der Waals surface area contributed by atoms with Gasteiger partial charge in [-0.15, -0.1) is 20.5 Å². The van der Waals surface area contributed by atoms with Crippen molar-refractivity contribution in [3.63, 3.8) is 0 Å². The van der Waals surface area contributed by atoms with Gasteiger partial charge in [0, 0.05) is 42.1 Å². The maximum absolute atomic E-state index is 15.0. The summed E-state index contributed by atoms with van der Waals surface area (Å²) >= 11 is 0. The van der Waals surface area contributed by atoms with Gasteiger partial charge in [-0.3, -0.25) is 0 Å². The van der Waals surface area contributed by atoms with Crippen molar-refractivity contribution in [3.05, 3.63) is 72.3 Å². The van der Waals surface area contributed by atoms with Gasteiger partial charge in [0.1, 0.15) is 27.5 Å². The van der Waals surface area contributed by atoms with E-state index in [9.17, 15) is 16.8 Å². The van der Waals surface area contributed by atoms with Crippen molar-refractivity contribution in [2.45, 2.75) is 232 Å². The molecule has 0 aliphatic carbocycles. The third-order valence-electron chi connectivity index (χ3n) is 15.2. The van der Waals surface area contributed by atoms with Gasteiger partial charge < -0.3 is 11.5 Å². The quantitative estimate of drug-likeness (QED) is 0.0386. The van der Waals surface area contributed by atoms with E-state index >= 15 is 0 Å². The van der Waals surface area contributed by atoms with Crippen molar-refractivity contribution in [2.75, 3.05) is 24.6 Å². The number of unbranched alkanes of at least 4 members (excludes halogenated alkanes) is 4. The predicted molar refractivity (Wildman–Crippen MR) is 325 cm³/mol. The lowest BCUT2D eigenvalue weighted by molar-refractivity contribution is 0.243. The van der Waals surface area contributed by atoms with Gasteiger partial charge in [0.25, 0.3) is 0 Å². The molecule has 0 bridgehead atoms. The number of rotatable bonds is 32. The molecule has 18 nitrogen and oxygen atoms in total. The highest BCUT2D eigenvalue weighted by atomic mass is 32.2. The van der Waals surface area contributed by atoms with E-state index in [4.69, 9.17) is 31.9 Å². The standard InChI is InChI=1S/C60H96N14O4S2/c1-15-23-31-43(19-5)40-71(45(21-7)33-25-17-3)79(75,76)49-37-29-27-35-47(49)65-67-53-55(59(9,10)11)69-73(57(53)61)51-39-52(64-42-63-51)74-58(62)54(56(70-74)60(12,13)14)68-66-48-36-28-30-38-50(48)80(77,78)72(46(22-8)34-26-18-4)41-44(20-6)32-24-16-2/h27-30,35-39,42-46H,15-26,31-34,40-41,61-62H2,1-14H3. The molecule has 3 heterocycles. The monoisotopic (exact) mass is 1140 g/mol. The van der Waals surface area contributed by atoms with E-state index in [1.807, 2.05) is 41.5 Å². The van der Waals surface area contributed by atoms with Crippen LogP contribution in [0.2, 0.25) is 0 Å². The number of hydrogen-bond donors (Lipinski definition) is 2. The number of hydrogen-bond acceptors (Lipinski definition) is 14. The van der Waals surface area contributed by atoms with E-state index in [1.54, 1.807) is 63.2 Å². The second-order valence-corrected chi connectivity index (χ2v) is 27.2. The third-order valence-corrected chi connectivity index (χ3v) is 19.1. The highest BCUT2D eigenvalue weighted by Gasteiger charge is 2.37. The smallest absolute Gasteiger partial charge is 0.245 e. The van der Waals surface area contributed by atoms with Gasteiger partial charge in [-0.05, 0) is 74.6 Å². The van der Waals surface area contributed by atoms with Crippen molar-refractivity contribution in [1.29, 1.82) is 0 Å². The first-order chi connectivity index (χ1) is 38.0. The van der Waals surface area contributed by atoms with E-state index in [0.717, 1.165) is 89.9 Å². The van der Waals surface area contributed by atoms with E-state index < -0.39 is 30.9 Å². The second kappa shape index (κ2) is 29.5. The fourth-order valence-electron chi connectivity index (χ4n) is 10.2. The first kappa shape index (κ1) is 65.4. The Labute approximate surface area is 480 Å². The molecule has 20 heteroatoms. The minimum Gasteiger partial charge on any atom is -0.382 e. The Morgan fingerprint density at radius 2 is 0.863 bits per heavy atom. The highest BCUT2D eigenvalue weighted by Crippen LogP contribution is 2.42. The summed E-state index contributed by atoms with van der Waals surface area (Å²) in [4.78, 5) is 9.33. The zero-order valence-electron chi connectivity index (χ0n) is 50.8. The Bertz CT molecular complexity index is 2850. The Balaban J connectivity index is 1.58. The van der Waals surface area contributed by atoms with Crippen LogP contribution in [0.1, 0.15) is 211 Å². The molecule has 3 aromatic heterocycles. The molecule has 5 aromatic rings. The minimum absolute atomic E-state index is 0.0835. The largest absolute Gasteiger partial charge is 0.382 e. The number of aromatic nitrogens is 6. The maximum atomic E-state index is 15.0. The molecule has 0 saturated carbocycles. The van der Waals surface area contributed by atoms with Gasteiger partial charge in [0.15, 0.2) is 34.6 Å².